The number of nitro groups is 2. The number of benzene rings is 2. The summed E-state index contributed by atoms with van der Waals surface area (Å²) in [7, 11) is -2.59. The SMILES string of the molecule is CC(=O)CNS(=O)(=O)c1ccc([N+](=O)[O-])cc1.O=[N+]([O-])c1ccc(S(=O)(=O)Cl)cc1. The van der Waals surface area contributed by atoms with E-state index in [4.69, 9.17) is 10.7 Å². The maximum atomic E-state index is 11.6. The van der Waals surface area contributed by atoms with E-state index in [2.05, 4.69) is 4.72 Å². The van der Waals surface area contributed by atoms with Crippen molar-refractivity contribution in [3.8, 4) is 0 Å². The smallest absolute Gasteiger partial charge is 0.269 e. The lowest BCUT2D eigenvalue weighted by molar-refractivity contribution is -0.385. The molecule has 12 nitrogen and oxygen atoms in total. The first-order valence-corrected chi connectivity index (χ1v) is 11.5. The van der Waals surface area contributed by atoms with Crippen molar-refractivity contribution in [3.05, 3.63) is 68.8 Å². The lowest BCUT2D eigenvalue weighted by Gasteiger charge is -2.04. The van der Waals surface area contributed by atoms with Crippen LogP contribution in [0.4, 0.5) is 11.4 Å². The summed E-state index contributed by atoms with van der Waals surface area (Å²) in [6.45, 7) is 0.942. The van der Waals surface area contributed by atoms with Gasteiger partial charge in [-0.25, -0.2) is 21.6 Å². The summed E-state index contributed by atoms with van der Waals surface area (Å²) in [5, 5.41) is 20.6. The van der Waals surface area contributed by atoms with E-state index >= 15 is 0 Å². The van der Waals surface area contributed by atoms with Crippen LogP contribution in [0.5, 0.6) is 0 Å². The quantitative estimate of drug-likeness (QED) is 0.352. The number of non-ortho nitro benzene ring substituents is 2. The lowest BCUT2D eigenvalue weighted by atomic mass is 10.3. The highest BCUT2D eigenvalue weighted by Crippen LogP contribution is 2.18. The molecule has 0 aromatic heterocycles. The third kappa shape index (κ3) is 7.82. The van der Waals surface area contributed by atoms with Crippen molar-refractivity contribution in [1.29, 1.82) is 0 Å². The second kappa shape index (κ2) is 10.2. The van der Waals surface area contributed by atoms with Crippen LogP contribution in [0.3, 0.4) is 0 Å². The molecule has 0 radical (unpaired) electrons. The molecule has 15 heteroatoms. The number of carbonyl (C=O) groups excluding carboxylic acids is 1. The minimum Gasteiger partial charge on any atom is -0.299 e. The lowest BCUT2D eigenvalue weighted by Crippen LogP contribution is -2.28. The minimum atomic E-state index is -3.80. The van der Waals surface area contributed by atoms with E-state index in [0.717, 1.165) is 48.5 Å². The summed E-state index contributed by atoms with van der Waals surface area (Å²) in [4.78, 5) is 29.7. The van der Waals surface area contributed by atoms with E-state index in [1.807, 2.05) is 0 Å². The topological polar surface area (TPSA) is 184 Å². The van der Waals surface area contributed by atoms with Crippen molar-refractivity contribution in [2.24, 2.45) is 0 Å². The fourth-order valence-electron chi connectivity index (χ4n) is 1.76. The average molecular weight is 480 g/mol. The Morgan fingerprint density at radius 3 is 1.53 bits per heavy atom. The molecule has 2 aromatic carbocycles. The van der Waals surface area contributed by atoms with E-state index < -0.39 is 28.9 Å². The van der Waals surface area contributed by atoms with Crippen LogP contribution in [0.25, 0.3) is 0 Å². The molecule has 0 saturated heterocycles. The first kappa shape index (κ1) is 25.1. The number of sulfonamides is 1. The molecule has 0 amide bonds. The third-order valence-electron chi connectivity index (χ3n) is 3.20. The summed E-state index contributed by atoms with van der Waals surface area (Å²) >= 11 is 0. The van der Waals surface area contributed by atoms with Gasteiger partial charge in [-0.3, -0.25) is 25.0 Å². The monoisotopic (exact) mass is 479 g/mol. The van der Waals surface area contributed by atoms with Gasteiger partial charge >= 0.3 is 0 Å². The zero-order valence-electron chi connectivity index (χ0n) is 15.1. The molecular weight excluding hydrogens is 466 g/mol. The van der Waals surface area contributed by atoms with E-state index in [-0.39, 0.29) is 33.5 Å². The molecular formula is C15H14ClN3O9S2. The van der Waals surface area contributed by atoms with E-state index in [1.54, 1.807) is 0 Å². The molecule has 0 fully saturated rings. The van der Waals surface area contributed by atoms with Gasteiger partial charge in [0.1, 0.15) is 5.78 Å². The molecule has 0 atom stereocenters. The normalized spacial score (nSPS) is 11.1. The molecule has 0 unspecified atom stereocenters. The Balaban J connectivity index is 0.000000311. The van der Waals surface area contributed by atoms with Crippen LogP contribution in [-0.4, -0.2) is 39.0 Å². The first-order chi connectivity index (χ1) is 13.7. The highest BCUT2D eigenvalue weighted by atomic mass is 35.7. The van der Waals surface area contributed by atoms with Crippen molar-refractivity contribution in [3.63, 3.8) is 0 Å². The predicted molar refractivity (Wildman–Crippen MR) is 105 cm³/mol. The molecule has 0 bridgehead atoms. The Kier molecular flexibility index (Phi) is 8.53. The molecule has 0 spiro atoms. The maximum absolute atomic E-state index is 11.6. The molecule has 2 aromatic rings. The molecule has 0 aliphatic heterocycles. The van der Waals surface area contributed by atoms with Crippen LogP contribution in [0.1, 0.15) is 6.92 Å². The minimum absolute atomic E-state index is 0.121. The number of nitrogens with zero attached hydrogens (tertiary/aromatic N) is 2. The number of hydrogen-bond acceptors (Lipinski definition) is 9. The summed E-state index contributed by atoms with van der Waals surface area (Å²) in [5.74, 6) is -0.324. The van der Waals surface area contributed by atoms with Gasteiger partial charge in [-0.15, -0.1) is 0 Å². The highest BCUT2D eigenvalue weighted by Gasteiger charge is 2.16. The number of nitrogens with one attached hydrogen (secondary N) is 1. The summed E-state index contributed by atoms with van der Waals surface area (Å²) in [5.41, 5.74) is -0.375. The molecule has 162 valence electrons. The number of nitro benzene ring substituents is 2. The molecule has 0 heterocycles. The van der Waals surface area contributed by atoms with Gasteiger partial charge in [-0.2, -0.15) is 0 Å². The van der Waals surface area contributed by atoms with Gasteiger partial charge < -0.3 is 0 Å². The van der Waals surface area contributed by atoms with Crippen molar-refractivity contribution < 1.29 is 31.5 Å². The molecule has 0 aliphatic rings. The van der Waals surface area contributed by atoms with Crippen LogP contribution in [-0.2, 0) is 23.9 Å². The number of Topliss-reactive ketones (excluding diaryl/α,β-unsaturated/α-hetero) is 1. The van der Waals surface area contributed by atoms with Crippen LogP contribution in [0, 0.1) is 20.2 Å². The van der Waals surface area contributed by atoms with Crippen molar-refractivity contribution in [2.75, 3.05) is 6.54 Å². The van der Waals surface area contributed by atoms with Crippen LogP contribution >= 0.6 is 10.7 Å². The molecule has 30 heavy (non-hydrogen) atoms. The zero-order valence-corrected chi connectivity index (χ0v) is 17.5. The zero-order chi connectivity index (χ0) is 23.1. The number of halogens is 1. The summed E-state index contributed by atoms with van der Waals surface area (Å²) in [6, 6.07) is 8.72. The van der Waals surface area contributed by atoms with Gasteiger partial charge in [-0.05, 0) is 31.2 Å². The largest absolute Gasteiger partial charge is 0.299 e. The fraction of sp³-hybridized carbons (Fsp3) is 0.133. The van der Waals surface area contributed by atoms with Crippen LogP contribution in [0.2, 0.25) is 0 Å². The Morgan fingerprint density at radius 1 is 0.867 bits per heavy atom. The Morgan fingerprint density at radius 2 is 1.23 bits per heavy atom. The molecule has 1 N–H and O–H groups in total. The van der Waals surface area contributed by atoms with Crippen molar-refractivity contribution >= 4 is 46.9 Å². The van der Waals surface area contributed by atoms with Gasteiger partial charge in [0, 0.05) is 34.9 Å². The average Bonchev–Trinajstić information content (AvgIpc) is 2.66. The molecule has 0 aliphatic carbocycles. The van der Waals surface area contributed by atoms with Crippen LogP contribution in [0.15, 0.2) is 58.3 Å². The van der Waals surface area contributed by atoms with E-state index in [1.165, 1.54) is 6.92 Å². The van der Waals surface area contributed by atoms with E-state index in [0.29, 0.717) is 0 Å². The first-order valence-electron chi connectivity index (χ1n) is 7.66. The van der Waals surface area contributed by atoms with Crippen molar-refractivity contribution in [2.45, 2.75) is 16.7 Å². The van der Waals surface area contributed by atoms with Gasteiger partial charge in [0.05, 0.1) is 26.2 Å². The number of carbonyl (C=O) groups is 1. The van der Waals surface area contributed by atoms with Gasteiger partial charge in [0.2, 0.25) is 10.0 Å². The van der Waals surface area contributed by atoms with Gasteiger partial charge in [0.15, 0.2) is 0 Å². The predicted octanol–water partition coefficient (Wildman–Crippen LogP) is 1.98. The van der Waals surface area contributed by atoms with Crippen molar-refractivity contribution in [1.82, 2.24) is 4.72 Å². The summed E-state index contributed by atoms with van der Waals surface area (Å²) < 4.78 is 46.7. The Labute approximate surface area is 175 Å². The second-order valence-corrected chi connectivity index (χ2v) is 9.80. The molecule has 2 rings (SSSR count). The number of rotatable bonds is 7. The van der Waals surface area contributed by atoms with Gasteiger partial charge in [0.25, 0.3) is 20.4 Å². The Hall–Kier alpha value is -2.94. The standard InChI is InChI=1S/C9H10N2O5S.C6H4ClNO4S/c1-7(12)6-10-17(15,16)9-4-2-8(3-5-9)11(13)14;7-13(11,12)6-3-1-5(2-4-6)8(9)10/h2-5,10H,6H2,1H3;1-4H. The maximum Gasteiger partial charge on any atom is 0.269 e. The molecule has 0 saturated carbocycles. The third-order valence-corrected chi connectivity index (χ3v) is 5.98. The number of ketones is 1. The number of hydrogen-bond donors (Lipinski definition) is 1. The second-order valence-electron chi connectivity index (χ2n) is 5.47. The van der Waals surface area contributed by atoms with Gasteiger partial charge in [-0.1, -0.05) is 0 Å². The summed E-state index contributed by atoms with van der Waals surface area (Å²) in [6.07, 6.45) is 0. The Bertz CT molecular complexity index is 1150. The van der Waals surface area contributed by atoms with Crippen LogP contribution < -0.4 is 4.72 Å². The highest BCUT2D eigenvalue weighted by molar-refractivity contribution is 8.13. The fourth-order valence-corrected chi connectivity index (χ4v) is 3.58. The van der Waals surface area contributed by atoms with E-state index in [9.17, 15) is 41.9 Å².